The van der Waals surface area contributed by atoms with E-state index in [1.165, 1.54) is 103 Å². The van der Waals surface area contributed by atoms with Gasteiger partial charge in [-0.15, -0.1) is 0 Å². The number of rotatable bonds is 38. The highest BCUT2D eigenvalue weighted by atomic mass is 31.2. The molecule has 0 fully saturated rings. The molecule has 0 aromatic rings. The Kier molecular flexibility index (Phi) is 34.8. The topological polar surface area (TPSA) is 91.3 Å². The Balaban J connectivity index is 4.25. The van der Waals surface area contributed by atoms with Crippen molar-refractivity contribution in [2.24, 2.45) is 0 Å². The second-order valence-corrected chi connectivity index (χ2v) is 16.5. The summed E-state index contributed by atoms with van der Waals surface area (Å²) < 4.78 is 34.9. The number of hydrogen-bond acceptors (Lipinski definition) is 6. The highest BCUT2D eigenvalue weighted by Crippen LogP contribution is 2.43. The lowest BCUT2D eigenvalue weighted by atomic mass is 10.1. The lowest BCUT2D eigenvalue weighted by Crippen LogP contribution is -2.37. The van der Waals surface area contributed by atoms with Gasteiger partial charge in [0, 0.05) is 13.0 Å². The SMILES string of the molecule is CCC/C=C\CCCCCCCCOCC(COP(=O)(O)OCC[N+](C)(C)C)OC(=O)CCCCCCCCC/C=C\C/C=C\CCCCCC. The summed E-state index contributed by atoms with van der Waals surface area (Å²) in [6.07, 6.45) is 40.3. The van der Waals surface area contributed by atoms with Crippen molar-refractivity contribution in [3.05, 3.63) is 36.5 Å². The van der Waals surface area contributed by atoms with Crippen molar-refractivity contribution in [1.82, 2.24) is 0 Å². The molecule has 0 aromatic heterocycles. The van der Waals surface area contributed by atoms with Crippen molar-refractivity contribution >= 4 is 13.8 Å². The molecule has 0 aliphatic heterocycles. The number of nitrogens with zero attached hydrogens (tertiary/aromatic N) is 1. The molecule has 0 radical (unpaired) electrons. The van der Waals surface area contributed by atoms with E-state index in [0.29, 0.717) is 24.1 Å². The van der Waals surface area contributed by atoms with Gasteiger partial charge < -0.3 is 18.9 Å². The van der Waals surface area contributed by atoms with Crippen LogP contribution in [0.25, 0.3) is 0 Å². The van der Waals surface area contributed by atoms with Gasteiger partial charge >= 0.3 is 13.8 Å². The molecule has 1 N–H and O–H groups in total. The van der Waals surface area contributed by atoms with E-state index in [9.17, 15) is 14.3 Å². The minimum atomic E-state index is -4.27. The lowest BCUT2D eigenvalue weighted by molar-refractivity contribution is -0.870. The van der Waals surface area contributed by atoms with Crippen LogP contribution in [-0.4, -0.2) is 75.6 Å². The van der Waals surface area contributed by atoms with Crippen molar-refractivity contribution in [3.63, 3.8) is 0 Å². The van der Waals surface area contributed by atoms with E-state index >= 15 is 0 Å². The first-order valence-electron chi connectivity index (χ1n) is 20.7. The van der Waals surface area contributed by atoms with Crippen LogP contribution < -0.4 is 0 Å². The van der Waals surface area contributed by atoms with E-state index in [0.717, 1.165) is 44.9 Å². The van der Waals surface area contributed by atoms with Crippen LogP contribution >= 0.6 is 7.82 Å². The zero-order valence-corrected chi connectivity index (χ0v) is 34.7. The summed E-state index contributed by atoms with van der Waals surface area (Å²) in [5.74, 6) is -0.325. The molecule has 0 aromatic carbocycles. The van der Waals surface area contributed by atoms with Gasteiger partial charge in [-0.3, -0.25) is 13.8 Å². The zero-order chi connectivity index (χ0) is 37.7. The van der Waals surface area contributed by atoms with Crippen LogP contribution in [0.5, 0.6) is 0 Å². The molecule has 2 atom stereocenters. The van der Waals surface area contributed by atoms with E-state index in [4.69, 9.17) is 18.5 Å². The largest absolute Gasteiger partial charge is 0.472 e. The Morgan fingerprint density at radius 3 is 1.69 bits per heavy atom. The van der Waals surface area contributed by atoms with Gasteiger partial charge in [0.2, 0.25) is 0 Å². The molecule has 0 rings (SSSR count). The monoisotopic (exact) mass is 743 g/mol. The molecule has 0 saturated carbocycles. The van der Waals surface area contributed by atoms with Gasteiger partial charge in [-0.25, -0.2) is 4.57 Å². The van der Waals surface area contributed by atoms with Gasteiger partial charge in [0.1, 0.15) is 19.3 Å². The van der Waals surface area contributed by atoms with Gasteiger partial charge in [0.15, 0.2) is 0 Å². The first-order valence-corrected chi connectivity index (χ1v) is 22.2. The summed E-state index contributed by atoms with van der Waals surface area (Å²) in [4.78, 5) is 22.8. The fourth-order valence-corrected chi connectivity index (χ4v) is 6.15. The molecular weight excluding hydrogens is 661 g/mol. The predicted molar refractivity (Wildman–Crippen MR) is 215 cm³/mol. The molecule has 300 valence electrons. The van der Waals surface area contributed by atoms with E-state index < -0.39 is 13.9 Å². The van der Waals surface area contributed by atoms with Crippen molar-refractivity contribution in [2.45, 2.75) is 174 Å². The molecular formula is C42H81NO7P+. The number of esters is 1. The van der Waals surface area contributed by atoms with Crippen molar-refractivity contribution in [3.8, 4) is 0 Å². The molecule has 0 amide bonds. The maximum atomic E-state index is 12.7. The van der Waals surface area contributed by atoms with E-state index in [1.54, 1.807) is 0 Å². The Morgan fingerprint density at radius 1 is 0.608 bits per heavy atom. The summed E-state index contributed by atoms with van der Waals surface area (Å²) >= 11 is 0. The minimum absolute atomic E-state index is 0.0853. The lowest BCUT2D eigenvalue weighted by Gasteiger charge is -2.24. The third-order valence-electron chi connectivity index (χ3n) is 8.65. The van der Waals surface area contributed by atoms with Crippen molar-refractivity contribution < 1.29 is 37.3 Å². The zero-order valence-electron chi connectivity index (χ0n) is 33.8. The highest BCUT2D eigenvalue weighted by molar-refractivity contribution is 7.47. The van der Waals surface area contributed by atoms with Gasteiger partial charge in [-0.1, -0.05) is 134 Å². The number of phosphoric acid groups is 1. The second kappa shape index (κ2) is 35.7. The number of allylic oxidation sites excluding steroid dienone is 6. The fourth-order valence-electron chi connectivity index (χ4n) is 5.41. The van der Waals surface area contributed by atoms with Crippen LogP contribution in [0.3, 0.4) is 0 Å². The van der Waals surface area contributed by atoms with Crippen molar-refractivity contribution in [2.75, 3.05) is 54.1 Å². The highest BCUT2D eigenvalue weighted by Gasteiger charge is 2.26. The fraction of sp³-hybridized carbons (Fsp3) is 0.833. The Hall–Kier alpha value is -1.28. The predicted octanol–water partition coefficient (Wildman–Crippen LogP) is 11.8. The summed E-state index contributed by atoms with van der Waals surface area (Å²) in [5.41, 5.74) is 0. The van der Waals surface area contributed by atoms with Crippen LogP contribution in [0.4, 0.5) is 0 Å². The summed E-state index contributed by atoms with van der Waals surface area (Å²) in [5, 5.41) is 0. The maximum Gasteiger partial charge on any atom is 0.472 e. The number of unbranched alkanes of at least 4 members (excludes halogenated alkanes) is 18. The van der Waals surface area contributed by atoms with Crippen LogP contribution in [-0.2, 0) is 27.9 Å². The van der Waals surface area contributed by atoms with Gasteiger partial charge in [0.25, 0.3) is 0 Å². The molecule has 0 spiro atoms. The molecule has 51 heavy (non-hydrogen) atoms. The number of hydrogen-bond donors (Lipinski definition) is 1. The first kappa shape index (κ1) is 49.7. The molecule has 0 heterocycles. The molecule has 0 aliphatic carbocycles. The quantitative estimate of drug-likeness (QED) is 0.0221. The molecule has 9 heteroatoms. The first-order chi connectivity index (χ1) is 24.6. The number of phosphoric ester groups is 1. The Bertz CT molecular complexity index is 915. The smallest absolute Gasteiger partial charge is 0.457 e. The van der Waals surface area contributed by atoms with Crippen LogP contribution in [0.15, 0.2) is 36.5 Å². The number of carbonyl (C=O) groups excluding carboxylic acids is 1. The molecule has 8 nitrogen and oxygen atoms in total. The third-order valence-corrected chi connectivity index (χ3v) is 9.64. The Labute approximate surface area is 315 Å². The van der Waals surface area contributed by atoms with Gasteiger partial charge in [-0.2, -0.15) is 0 Å². The second-order valence-electron chi connectivity index (χ2n) is 15.0. The summed E-state index contributed by atoms with van der Waals surface area (Å²) in [7, 11) is 1.65. The van der Waals surface area contributed by atoms with Crippen LogP contribution in [0, 0.1) is 0 Å². The van der Waals surface area contributed by atoms with Crippen LogP contribution in [0.1, 0.15) is 168 Å². The average Bonchev–Trinajstić information content (AvgIpc) is 3.08. The molecule has 0 bridgehead atoms. The average molecular weight is 743 g/mol. The third kappa shape index (κ3) is 39.8. The van der Waals surface area contributed by atoms with E-state index in [2.05, 4.69) is 50.3 Å². The normalized spacial score (nSPS) is 14.2. The van der Waals surface area contributed by atoms with E-state index in [-0.39, 0.29) is 25.8 Å². The number of ether oxygens (including phenoxy) is 2. The van der Waals surface area contributed by atoms with E-state index in [1.807, 2.05) is 21.1 Å². The van der Waals surface area contributed by atoms with Gasteiger partial charge in [-0.05, 0) is 64.2 Å². The standard InChI is InChI=1S/C42H80NO7P/c1-6-8-10-12-14-16-18-19-20-21-22-23-24-25-27-29-31-33-35-42(44)50-41(40-49-51(45,46)48-38-36-43(3,4)5)39-47-37-34-32-30-28-26-17-15-13-11-9-7-2/h11,13,16,18,20-21,41H,6-10,12,14-15,17,19,22-40H2,1-5H3/p+1/b13-11-,18-16-,21-20-. The maximum absolute atomic E-state index is 12.7. The summed E-state index contributed by atoms with van der Waals surface area (Å²) in [6.45, 7) is 5.52. The Morgan fingerprint density at radius 2 is 1.12 bits per heavy atom. The molecule has 0 aliphatic rings. The number of likely N-dealkylation sites (N-methyl/N-ethyl adjacent to an activating group) is 1. The minimum Gasteiger partial charge on any atom is -0.457 e. The summed E-state index contributed by atoms with van der Waals surface area (Å²) in [6, 6.07) is 0. The molecule has 0 saturated heterocycles. The number of quaternary nitrogens is 1. The van der Waals surface area contributed by atoms with Gasteiger partial charge in [0.05, 0.1) is 34.4 Å². The van der Waals surface area contributed by atoms with Crippen molar-refractivity contribution in [1.29, 1.82) is 0 Å². The molecule has 2 unspecified atom stereocenters. The number of carbonyl (C=O) groups is 1. The van der Waals surface area contributed by atoms with Crippen LogP contribution in [0.2, 0.25) is 0 Å².